The van der Waals surface area contributed by atoms with Crippen molar-refractivity contribution in [2.75, 3.05) is 7.11 Å². The largest absolute Gasteiger partial charge is 0.496 e. The SMILES string of the molecule is CCCC[C@H](NC(=O)c1cc(Cl)ccc1OC)C(=O)O. The number of amides is 1. The Morgan fingerprint density at radius 3 is 2.70 bits per heavy atom. The maximum Gasteiger partial charge on any atom is 0.326 e. The van der Waals surface area contributed by atoms with E-state index < -0.39 is 17.9 Å². The van der Waals surface area contributed by atoms with Crippen molar-refractivity contribution >= 4 is 23.5 Å². The van der Waals surface area contributed by atoms with Crippen LogP contribution >= 0.6 is 11.6 Å². The molecule has 1 rings (SSSR count). The summed E-state index contributed by atoms with van der Waals surface area (Å²) in [6, 6.07) is 3.71. The molecule has 0 heterocycles. The minimum atomic E-state index is -1.05. The van der Waals surface area contributed by atoms with Gasteiger partial charge in [0.15, 0.2) is 0 Å². The third kappa shape index (κ3) is 4.42. The molecule has 0 saturated heterocycles. The Balaban J connectivity index is 2.88. The average Bonchev–Trinajstić information content (AvgIpc) is 2.42. The lowest BCUT2D eigenvalue weighted by atomic mass is 10.1. The highest BCUT2D eigenvalue weighted by Gasteiger charge is 2.22. The first-order valence-electron chi connectivity index (χ1n) is 6.36. The monoisotopic (exact) mass is 299 g/mol. The Kier molecular flexibility index (Phi) is 6.31. The Bertz CT molecular complexity index is 490. The van der Waals surface area contributed by atoms with E-state index in [0.29, 0.717) is 17.2 Å². The van der Waals surface area contributed by atoms with E-state index in [2.05, 4.69) is 5.32 Å². The van der Waals surface area contributed by atoms with Crippen molar-refractivity contribution in [1.29, 1.82) is 0 Å². The number of benzene rings is 1. The third-order valence-electron chi connectivity index (χ3n) is 2.86. The van der Waals surface area contributed by atoms with E-state index in [1.807, 2.05) is 6.92 Å². The Morgan fingerprint density at radius 1 is 1.45 bits per heavy atom. The van der Waals surface area contributed by atoms with Gasteiger partial charge in [0.05, 0.1) is 12.7 Å². The van der Waals surface area contributed by atoms with Gasteiger partial charge in [0.25, 0.3) is 5.91 Å². The fourth-order valence-electron chi connectivity index (χ4n) is 1.76. The second-order valence-corrected chi connectivity index (χ2v) is 4.79. The maximum absolute atomic E-state index is 12.1. The summed E-state index contributed by atoms with van der Waals surface area (Å²) in [7, 11) is 1.44. The van der Waals surface area contributed by atoms with Gasteiger partial charge in [-0.2, -0.15) is 0 Å². The number of unbranched alkanes of at least 4 members (excludes halogenated alkanes) is 1. The molecule has 0 radical (unpaired) electrons. The molecule has 0 aliphatic rings. The third-order valence-corrected chi connectivity index (χ3v) is 3.09. The first kappa shape index (κ1) is 16.3. The lowest BCUT2D eigenvalue weighted by Gasteiger charge is -2.15. The van der Waals surface area contributed by atoms with Crippen LogP contribution in [-0.4, -0.2) is 30.1 Å². The second kappa shape index (κ2) is 7.75. The number of carboxylic acid groups (broad SMARTS) is 1. The average molecular weight is 300 g/mol. The topological polar surface area (TPSA) is 75.6 Å². The zero-order valence-electron chi connectivity index (χ0n) is 11.5. The van der Waals surface area contributed by atoms with Crippen LogP contribution in [0.25, 0.3) is 0 Å². The highest BCUT2D eigenvalue weighted by molar-refractivity contribution is 6.31. The van der Waals surface area contributed by atoms with Crippen LogP contribution in [0, 0.1) is 0 Å². The molecule has 110 valence electrons. The summed E-state index contributed by atoms with van der Waals surface area (Å²) in [6.07, 6.45) is 1.98. The van der Waals surface area contributed by atoms with E-state index in [-0.39, 0.29) is 5.56 Å². The number of halogens is 1. The summed E-state index contributed by atoms with van der Waals surface area (Å²) in [5.74, 6) is -1.20. The van der Waals surface area contributed by atoms with Gasteiger partial charge in [-0.1, -0.05) is 31.4 Å². The number of carbonyl (C=O) groups is 2. The fraction of sp³-hybridized carbons (Fsp3) is 0.429. The van der Waals surface area contributed by atoms with Gasteiger partial charge >= 0.3 is 5.97 Å². The zero-order valence-corrected chi connectivity index (χ0v) is 12.2. The molecule has 0 spiro atoms. The van der Waals surface area contributed by atoms with Crippen molar-refractivity contribution < 1.29 is 19.4 Å². The van der Waals surface area contributed by atoms with Crippen molar-refractivity contribution in [3.63, 3.8) is 0 Å². The highest BCUT2D eigenvalue weighted by Crippen LogP contribution is 2.22. The molecule has 1 amide bonds. The van der Waals surface area contributed by atoms with Crippen LogP contribution in [0.2, 0.25) is 5.02 Å². The van der Waals surface area contributed by atoms with Gasteiger partial charge in [-0.25, -0.2) is 4.79 Å². The van der Waals surface area contributed by atoms with Crippen LogP contribution in [0.15, 0.2) is 18.2 Å². The molecular weight excluding hydrogens is 282 g/mol. The van der Waals surface area contributed by atoms with Gasteiger partial charge in [0.1, 0.15) is 11.8 Å². The second-order valence-electron chi connectivity index (χ2n) is 4.35. The lowest BCUT2D eigenvalue weighted by molar-refractivity contribution is -0.139. The fourth-order valence-corrected chi connectivity index (χ4v) is 1.93. The van der Waals surface area contributed by atoms with Gasteiger partial charge in [-0.15, -0.1) is 0 Å². The summed E-state index contributed by atoms with van der Waals surface area (Å²) in [5.41, 5.74) is 0.225. The number of hydrogen-bond donors (Lipinski definition) is 2. The van der Waals surface area contributed by atoms with E-state index in [0.717, 1.165) is 12.8 Å². The highest BCUT2D eigenvalue weighted by atomic mass is 35.5. The van der Waals surface area contributed by atoms with E-state index in [4.69, 9.17) is 21.4 Å². The van der Waals surface area contributed by atoms with Crippen LogP contribution in [-0.2, 0) is 4.79 Å². The Labute approximate surface area is 122 Å². The molecule has 1 atom stereocenters. The van der Waals surface area contributed by atoms with Gasteiger partial charge in [-0.05, 0) is 24.6 Å². The van der Waals surface area contributed by atoms with Crippen molar-refractivity contribution in [3.05, 3.63) is 28.8 Å². The first-order valence-corrected chi connectivity index (χ1v) is 6.74. The summed E-state index contributed by atoms with van der Waals surface area (Å²) in [6.45, 7) is 1.96. The number of nitrogens with one attached hydrogen (secondary N) is 1. The number of ether oxygens (including phenoxy) is 1. The minimum absolute atomic E-state index is 0.225. The molecule has 0 aromatic heterocycles. The number of carboxylic acids is 1. The summed E-state index contributed by atoms with van der Waals surface area (Å²) in [4.78, 5) is 23.3. The van der Waals surface area contributed by atoms with E-state index in [1.165, 1.54) is 13.2 Å². The number of rotatable bonds is 7. The molecule has 0 unspecified atom stereocenters. The molecule has 5 nitrogen and oxygen atoms in total. The van der Waals surface area contributed by atoms with Crippen LogP contribution in [0.3, 0.4) is 0 Å². The summed E-state index contributed by atoms with van der Waals surface area (Å²) in [5, 5.41) is 12.0. The van der Waals surface area contributed by atoms with Crippen LogP contribution in [0.5, 0.6) is 5.75 Å². The quantitative estimate of drug-likeness (QED) is 0.811. The number of aliphatic carboxylic acids is 1. The van der Waals surface area contributed by atoms with E-state index in [9.17, 15) is 9.59 Å². The minimum Gasteiger partial charge on any atom is -0.496 e. The van der Waals surface area contributed by atoms with Crippen LogP contribution in [0.4, 0.5) is 0 Å². The van der Waals surface area contributed by atoms with Crippen LogP contribution < -0.4 is 10.1 Å². The lowest BCUT2D eigenvalue weighted by Crippen LogP contribution is -2.40. The molecule has 0 bridgehead atoms. The van der Waals surface area contributed by atoms with Crippen LogP contribution in [0.1, 0.15) is 36.5 Å². The Morgan fingerprint density at radius 2 is 2.15 bits per heavy atom. The van der Waals surface area contributed by atoms with Gasteiger partial charge < -0.3 is 15.2 Å². The molecule has 6 heteroatoms. The molecule has 2 N–H and O–H groups in total. The predicted octanol–water partition coefficient (Wildman–Crippen LogP) is 2.72. The maximum atomic E-state index is 12.1. The summed E-state index contributed by atoms with van der Waals surface area (Å²) >= 11 is 5.85. The number of hydrogen-bond acceptors (Lipinski definition) is 3. The first-order chi connectivity index (χ1) is 9.49. The van der Waals surface area contributed by atoms with E-state index >= 15 is 0 Å². The molecule has 0 saturated carbocycles. The van der Waals surface area contributed by atoms with Gasteiger partial charge in [-0.3, -0.25) is 4.79 Å². The molecule has 1 aromatic rings. The number of methoxy groups -OCH3 is 1. The molecule has 1 aromatic carbocycles. The molecule has 0 aliphatic carbocycles. The van der Waals surface area contributed by atoms with E-state index in [1.54, 1.807) is 12.1 Å². The predicted molar refractivity (Wildman–Crippen MR) is 76.4 cm³/mol. The van der Waals surface area contributed by atoms with Gasteiger partial charge in [0.2, 0.25) is 0 Å². The molecule has 0 aliphatic heterocycles. The number of carbonyl (C=O) groups excluding carboxylic acids is 1. The normalized spacial score (nSPS) is 11.8. The van der Waals surface area contributed by atoms with Gasteiger partial charge in [0, 0.05) is 5.02 Å². The van der Waals surface area contributed by atoms with Crippen molar-refractivity contribution in [2.45, 2.75) is 32.2 Å². The molecular formula is C14H18ClNO4. The van der Waals surface area contributed by atoms with Crippen molar-refractivity contribution in [1.82, 2.24) is 5.32 Å². The van der Waals surface area contributed by atoms with Crippen molar-refractivity contribution in [2.24, 2.45) is 0 Å². The molecule has 0 fully saturated rings. The summed E-state index contributed by atoms with van der Waals surface area (Å²) < 4.78 is 5.08. The Hall–Kier alpha value is -1.75. The zero-order chi connectivity index (χ0) is 15.1. The smallest absolute Gasteiger partial charge is 0.326 e. The standard InChI is InChI=1S/C14H18ClNO4/c1-3-4-5-11(14(18)19)16-13(17)10-8-9(15)6-7-12(10)20-2/h6-8,11H,3-5H2,1-2H3,(H,16,17)(H,18,19)/t11-/m0/s1. The van der Waals surface area contributed by atoms with Crippen molar-refractivity contribution in [3.8, 4) is 5.75 Å². The molecule has 20 heavy (non-hydrogen) atoms.